The maximum absolute atomic E-state index is 10.6. The van der Waals surface area contributed by atoms with E-state index in [0.717, 1.165) is 30.4 Å². The molecule has 0 heterocycles. The SMILES string of the molecule is CCCCc1cccc(C2C(C)=C(C)C(C)=C2C)c1O. The number of hydrogen-bond acceptors (Lipinski definition) is 1. The third-order valence-electron chi connectivity index (χ3n) is 4.87. The maximum atomic E-state index is 10.6. The van der Waals surface area contributed by atoms with Crippen LogP contribution in [0, 0.1) is 0 Å². The van der Waals surface area contributed by atoms with Gasteiger partial charge in [0.15, 0.2) is 0 Å². The highest BCUT2D eigenvalue weighted by molar-refractivity contribution is 5.57. The minimum Gasteiger partial charge on any atom is -0.507 e. The molecule has 1 nitrogen and oxygen atoms in total. The molecule has 1 aliphatic carbocycles. The van der Waals surface area contributed by atoms with Crippen LogP contribution < -0.4 is 0 Å². The van der Waals surface area contributed by atoms with Gasteiger partial charge in [0.25, 0.3) is 0 Å². The molecule has 1 aromatic carbocycles. The van der Waals surface area contributed by atoms with Gasteiger partial charge in [0.2, 0.25) is 0 Å². The van der Waals surface area contributed by atoms with Crippen molar-refractivity contribution >= 4 is 0 Å². The van der Waals surface area contributed by atoms with Crippen LogP contribution in [0.25, 0.3) is 0 Å². The molecule has 1 aliphatic rings. The van der Waals surface area contributed by atoms with Crippen LogP contribution in [0.4, 0.5) is 0 Å². The van der Waals surface area contributed by atoms with Crippen molar-refractivity contribution in [1.29, 1.82) is 0 Å². The predicted octanol–water partition coefficient (Wildman–Crippen LogP) is 5.50. The minimum atomic E-state index is 0.261. The van der Waals surface area contributed by atoms with E-state index in [0.29, 0.717) is 5.75 Å². The molecule has 0 amide bonds. The Morgan fingerprint density at radius 2 is 1.60 bits per heavy atom. The minimum absolute atomic E-state index is 0.261. The van der Waals surface area contributed by atoms with Gasteiger partial charge in [-0.2, -0.15) is 0 Å². The number of para-hydroxylation sites is 1. The van der Waals surface area contributed by atoms with Crippen molar-refractivity contribution < 1.29 is 5.11 Å². The zero-order valence-corrected chi connectivity index (χ0v) is 13.4. The number of aryl methyl sites for hydroxylation is 1. The van der Waals surface area contributed by atoms with Crippen LogP contribution in [0.3, 0.4) is 0 Å². The Labute approximate surface area is 123 Å². The van der Waals surface area contributed by atoms with Gasteiger partial charge >= 0.3 is 0 Å². The molecule has 0 aromatic heterocycles. The fraction of sp³-hybridized carbons (Fsp3) is 0.474. The maximum Gasteiger partial charge on any atom is 0.122 e. The van der Waals surface area contributed by atoms with E-state index in [1.165, 1.54) is 22.3 Å². The molecule has 1 aromatic rings. The monoisotopic (exact) mass is 270 g/mol. The van der Waals surface area contributed by atoms with Crippen LogP contribution in [0.1, 0.15) is 64.5 Å². The predicted molar refractivity (Wildman–Crippen MR) is 86.2 cm³/mol. The number of benzene rings is 1. The topological polar surface area (TPSA) is 20.2 Å². The molecule has 1 N–H and O–H groups in total. The summed E-state index contributed by atoms with van der Waals surface area (Å²) in [6.07, 6.45) is 3.25. The molecular weight excluding hydrogens is 244 g/mol. The summed E-state index contributed by atoms with van der Waals surface area (Å²) in [6, 6.07) is 6.22. The van der Waals surface area contributed by atoms with Gasteiger partial charge in [0.1, 0.15) is 5.75 Å². The van der Waals surface area contributed by atoms with E-state index in [4.69, 9.17) is 0 Å². The van der Waals surface area contributed by atoms with Crippen LogP contribution in [-0.4, -0.2) is 5.11 Å². The van der Waals surface area contributed by atoms with Crippen LogP contribution in [-0.2, 0) is 6.42 Å². The van der Waals surface area contributed by atoms with Crippen LogP contribution >= 0.6 is 0 Å². The van der Waals surface area contributed by atoms with Crippen LogP contribution in [0.15, 0.2) is 40.5 Å². The molecule has 0 radical (unpaired) electrons. The summed E-state index contributed by atoms with van der Waals surface area (Å²) in [5, 5.41) is 10.6. The van der Waals surface area contributed by atoms with E-state index in [1.54, 1.807) is 0 Å². The zero-order chi connectivity index (χ0) is 14.9. The first-order chi connectivity index (χ1) is 9.49. The Balaban J connectivity index is 2.45. The second-order valence-corrected chi connectivity index (χ2v) is 6.01. The Kier molecular flexibility index (Phi) is 4.37. The van der Waals surface area contributed by atoms with Crippen molar-refractivity contribution in [3.05, 3.63) is 51.6 Å². The van der Waals surface area contributed by atoms with E-state index in [1.807, 2.05) is 0 Å². The largest absolute Gasteiger partial charge is 0.507 e. The van der Waals surface area contributed by atoms with Gasteiger partial charge in [0, 0.05) is 11.5 Å². The molecule has 0 aliphatic heterocycles. The zero-order valence-electron chi connectivity index (χ0n) is 13.4. The fourth-order valence-electron chi connectivity index (χ4n) is 3.23. The Bertz CT molecular complexity index is 551. The summed E-state index contributed by atoms with van der Waals surface area (Å²) in [5.41, 5.74) is 7.68. The van der Waals surface area contributed by atoms with E-state index in [9.17, 15) is 5.11 Å². The molecule has 0 atom stereocenters. The van der Waals surface area contributed by atoms with Crippen molar-refractivity contribution in [2.75, 3.05) is 0 Å². The summed E-state index contributed by atoms with van der Waals surface area (Å²) >= 11 is 0. The molecule has 0 spiro atoms. The van der Waals surface area contributed by atoms with Gasteiger partial charge in [-0.15, -0.1) is 0 Å². The number of allylic oxidation sites excluding steroid dienone is 4. The highest BCUT2D eigenvalue weighted by atomic mass is 16.3. The second-order valence-electron chi connectivity index (χ2n) is 6.01. The third-order valence-corrected chi connectivity index (χ3v) is 4.87. The summed E-state index contributed by atoms with van der Waals surface area (Å²) in [6.45, 7) is 10.9. The molecule has 2 rings (SSSR count). The number of phenolic OH excluding ortho intramolecular Hbond substituents is 1. The van der Waals surface area contributed by atoms with Crippen molar-refractivity contribution in [3.63, 3.8) is 0 Å². The average Bonchev–Trinajstić information content (AvgIpc) is 2.63. The first-order valence-electron chi connectivity index (χ1n) is 7.64. The smallest absolute Gasteiger partial charge is 0.122 e. The highest BCUT2D eigenvalue weighted by Crippen LogP contribution is 2.46. The lowest BCUT2D eigenvalue weighted by Crippen LogP contribution is -2.01. The number of unbranched alkanes of at least 4 members (excludes halogenated alkanes) is 1. The average molecular weight is 270 g/mol. The lowest BCUT2D eigenvalue weighted by Gasteiger charge is -2.19. The first-order valence-corrected chi connectivity index (χ1v) is 7.64. The van der Waals surface area contributed by atoms with Crippen molar-refractivity contribution in [2.24, 2.45) is 0 Å². The highest BCUT2D eigenvalue weighted by Gasteiger charge is 2.28. The Morgan fingerprint density at radius 1 is 1.00 bits per heavy atom. The molecule has 0 saturated carbocycles. The first kappa shape index (κ1) is 14.9. The van der Waals surface area contributed by atoms with E-state index >= 15 is 0 Å². The second kappa shape index (κ2) is 5.87. The summed E-state index contributed by atoms with van der Waals surface area (Å²) in [4.78, 5) is 0. The van der Waals surface area contributed by atoms with Crippen molar-refractivity contribution in [2.45, 2.75) is 59.8 Å². The molecule has 0 bridgehead atoms. The van der Waals surface area contributed by atoms with E-state index in [2.05, 4.69) is 52.8 Å². The van der Waals surface area contributed by atoms with Gasteiger partial charge in [-0.25, -0.2) is 0 Å². The number of rotatable bonds is 4. The summed E-state index contributed by atoms with van der Waals surface area (Å²) in [7, 11) is 0. The van der Waals surface area contributed by atoms with Crippen LogP contribution in [0.5, 0.6) is 5.75 Å². The fourth-order valence-corrected chi connectivity index (χ4v) is 3.23. The molecule has 20 heavy (non-hydrogen) atoms. The Morgan fingerprint density at radius 3 is 2.15 bits per heavy atom. The number of aromatic hydroxyl groups is 1. The Hall–Kier alpha value is -1.50. The van der Waals surface area contributed by atoms with Gasteiger partial charge in [-0.3, -0.25) is 0 Å². The quantitative estimate of drug-likeness (QED) is 0.765. The van der Waals surface area contributed by atoms with Gasteiger partial charge in [-0.1, -0.05) is 42.7 Å². The van der Waals surface area contributed by atoms with Crippen LogP contribution in [0.2, 0.25) is 0 Å². The molecule has 1 heteroatoms. The lowest BCUT2D eigenvalue weighted by molar-refractivity contribution is 0.458. The molecular formula is C19H26O. The van der Waals surface area contributed by atoms with E-state index in [-0.39, 0.29) is 5.92 Å². The third kappa shape index (κ3) is 2.42. The van der Waals surface area contributed by atoms with Gasteiger partial charge in [0.05, 0.1) is 0 Å². The molecule has 108 valence electrons. The molecule has 0 unspecified atom stereocenters. The standard InChI is InChI=1S/C19H26O/c1-6-7-9-16-10-8-11-17(19(16)20)18-14(4)12(2)13(3)15(18)5/h8,10-11,18,20H,6-7,9H2,1-5H3. The van der Waals surface area contributed by atoms with E-state index < -0.39 is 0 Å². The summed E-state index contributed by atoms with van der Waals surface area (Å²) in [5.74, 6) is 0.767. The van der Waals surface area contributed by atoms with Gasteiger partial charge in [-0.05, 0) is 57.2 Å². The number of hydrogen-bond donors (Lipinski definition) is 1. The lowest BCUT2D eigenvalue weighted by atomic mass is 9.86. The van der Waals surface area contributed by atoms with Crippen molar-refractivity contribution in [1.82, 2.24) is 0 Å². The summed E-state index contributed by atoms with van der Waals surface area (Å²) < 4.78 is 0. The number of phenols is 1. The molecule has 0 saturated heterocycles. The molecule has 0 fully saturated rings. The van der Waals surface area contributed by atoms with Crippen molar-refractivity contribution in [3.8, 4) is 5.75 Å². The normalized spacial score (nSPS) is 16.4. The van der Waals surface area contributed by atoms with Gasteiger partial charge < -0.3 is 5.11 Å².